The number of carbonyl (C=O) groups excluding carboxylic acids is 4. The van der Waals surface area contributed by atoms with Gasteiger partial charge in [-0.2, -0.15) is 0 Å². The van der Waals surface area contributed by atoms with Crippen molar-refractivity contribution in [1.82, 2.24) is 10.2 Å². The molecule has 1 fully saturated rings. The number of urea groups is 2. The number of benzene rings is 1. The minimum Gasteiger partial charge on any atom is -0.468 e. The Balaban J connectivity index is 2.16. The zero-order valence-corrected chi connectivity index (χ0v) is 13.3. The van der Waals surface area contributed by atoms with Crippen molar-refractivity contribution in [2.75, 3.05) is 25.1 Å². The van der Waals surface area contributed by atoms with E-state index in [1.54, 1.807) is 0 Å². The van der Waals surface area contributed by atoms with Crippen LogP contribution < -0.4 is 10.2 Å². The van der Waals surface area contributed by atoms with E-state index < -0.39 is 37.0 Å². The van der Waals surface area contributed by atoms with E-state index in [9.17, 15) is 19.2 Å². The molecular weight excluding hydrogens is 349 g/mol. The molecule has 1 heterocycles. The summed E-state index contributed by atoms with van der Waals surface area (Å²) in [6.45, 7) is -0.883. The lowest BCUT2D eigenvalue weighted by atomic mass is 10.3. The molecule has 0 radical (unpaired) electrons. The second kappa shape index (κ2) is 6.84. The number of halogens is 2. The number of carbonyl (C=O) groups is 4. The Morgan fingerprint density at radius 1 is 1.22 bits per heavy atom. The highest BCUT2D eigenvalue weighted by Crippen LogP contribution is 2.28. The lowest BCUT2D eigenvalue weighted by Crippen LogP contribution is -2.44. The summed E-state index contributed by atoms with van der Waals surface area (Å²) in [6.07, 6.45) is 0. The first-order chi connectivity index (χ1) is 10.8. The largest absolute Gasteiger partial charge is 0.468 e. The Morgan fingerprint density at radius 2 is 1.83 bits per heavy atom. The maximum atomic E-state index is 12.3. The predicted octanol–water partition coefficient (Wildman–Crippen LogP) is 1.64. The van der Waals surface area contributed by atoms with Crippen LogP contribution in [0.5, 0.6) is 0 Å². The van der Waals surface area contributed by atoms with Gasteiger partial charge in [-0.15, -0.1) is 0 Å². The monoisotopic (exact) mass is 359 g/mol. The second-order valence-electron chi connectivity index (χ2n) is 4.46. The van der Waals surface area contributed by atoms with Crippen molar-refractivity contribution in [2.24, 2.45) is 0 Å². The fourth-order valence-electron chi connectivity index (χ4n) is 1.90. The van der Waals surface area contributed by atoms with E-state index in [1.165, 1.54) is 18.2 Å². The molecule has 1 aromatic rings. The fraction of sp³-hybridized carbons (Fsp3) is 0.231. The molecule has 1 aromatic carbocycles. The van der Waals surface area contributed by atoms with Gasteiger partial charge in [-0.3, -0.25) is 9.59 Å². The Morgan fingerprint density at radius 3 is 2.39 bits per heavy atom. The van der Waals surface area contributed by atoms with Gasteiger partial charge in [0.2, 0.25) is 0 Å². The van der Waals surface area contributed by atoms with Gasteiger partial charge in [-0.25, -0.2) is 19.4 Å². The molecule has 23 heavy (non-hydrogen) atoms. The van der Waals surface area contributed by atoms with E-state index >= 15 is 0 Å². The van der Waals surface area contributed by atoms with Gasteiger partial charge in [0.05, 0.1) is 12.8 Å². The summed E-state index contributed by atoms with van der Waals surface area (Å²) in [7, 11) is 1.16. The van der Waals surface area contributed by atoms with Gasteiger partial charge in [-0.05, 0) is 18.2 Å². The highest BCUT2D eigenvalue weighted by atomic mass is 35.5. The Hall–Kier alpha value is -2.32. The minimum absolute atomic E-state index is 0.153. The molecule has 10 heteroatoms. The Kier molecular flexibility index (Phi) is 5.07. The van der Waals surface area contributed by atoms with E-state index in [-0.39, 0.29) is 15.7 Å². The van der Waals surface area contributed by atoms with Crippen LogP contribution in [-0.2, 0) is 14.3 Å². The minimum atomic E-state index is -0.885. The molecule has 1 N–H and O–H groups in total. The fourth-order valence-corrected chi connectivity index (χ4v) is 2.41. The number of hydrogen-bond acceptors (Lipinski definition) is 5. The van der Waals surface area contributed by atoms with Gasteiger partial charge in [0.25, 0.3) is 5.91 Å². The van der Waals surface area contributed by atoms with Crippen LogP contribution in [0, 0.1) is 0 Å². The third-order valence-electron chi connectivity index (χ3n) is 2.93. The normalized spacial score (nSPS) is 14.2. The third kappa shape index (κ3) is 3.72. The smallest absolute Gasteiger partial charge is 0.340 e. The van der Waals surface area contributed by atoms with Crippen LogP contribution in [0.4, 0.5) is 15.3 Å². The van der Waals surface area contributed by atoms with E-state index in [0.717, 1.165) is 12.0 Å². The number of imide groups is 2. The highest BCUT2D eigenvalue weighted by molar-refractivity contribution is 6.35. The maximum absolute atomic E-state index is 12.3. The van der Waals surface area contributed by atoms with Gasteiger partial charge < -0.3 is 10.1 Å². The van der Waals surface area contributed by atoms with Crippen LogP contribution in [0.25, 0.3) is 0 Å². The number of hydrogen-bond donors (Lipinski definition) is 1. The molecule has 2 rings (SSSR count). The van der Waals surface area contributed by atoms with E-state index in [4.69, 9.17) is 23.2 Å². The molecule has 0 spiro atoms. The molecule has 5 amide bonds. The Labute approximate surface area is 140 Å². The zero-order valence-electron chi connectivity index (χ0n) is 11.8. The molecule has 1 aliphatic heterocycles. The molecule has 8 nitrogen and oxygen atoms in total. The first-order valence-corrected chi connectivity index (χ1v) is 7.04. The number of esters is 1. The van der Waals surface area contributed by atoms with Crippen LogP contribution in [0.15, 0.2) is 18.2 Å². The van der Waals surface area contributed by atoms with Crippen molar-refractivity contribution < 1.29 is 23.9 Å². The van der Waals surface area contributed by atoms with E-state index in [2.05, 4.69) is 10.1 Å². The molecule has 0 bridgehead atoms. The first kappa shape index (κ1) is 17.0. The van der Waals surface area contributed by atoms with Gasteiger partial charge in [0, 0.05) is 10.0 Å². The van der Waals surface area contributed by atoms with E-state index in [1.807, 2.05) is 0 Å². The number of nitrogens with zero attached hydrogens (tertiary/aromatic N) is 2. The van der Waals surface area contributed by atoms with Crippen LogP contribution >= 0.6 is 23.2 Å². The van der Waals surface area contributed by atoms with Crippen LogP contribution in [-0.4, -0.2) is 49.0 Å². The molecule has 0 aromatic heterocycles. The van der Waals surface area contributed by atoms with Gasteiger partial charge >= 0.3 is 18.0 Å². The summed E-state index contributed by atoms with van der Waals surface area (Å²) < 4.78 is 4.36. The predicted molar refractivity (Wildman–Crippen MR) is 81.5 cm³/mol. The van der Waals surface area contributed by atoms with Crippen molar-refractivity contribution in [3.63, 3.8) is 0 Å². The van der Waals surface area contributed by atoms with Crippen molar-refractivity contribution in [3.8, 4) is 0 Å². The lowest BCUT2D eigenvalue weighted by molar-refractivity contribution is -0.139. The molecular formula is C13H11Cl2N3O5. The molecule has 0 atom stereocenters. The summed E-state index contributed by atoms with van der Waals surface area (Å²) >= 11 is 11.7. The number of nitrogens with one attached hydrogen (secondary N) is 1. The van der Waals surface area contributed by atoms with Crippen molar-refractivity contribution in [2.45, 2.75) is 0 Å². The van der Waals surface area contributed by atoms with Gasteiger partial charge in [0.15, 0.2) is 0 Å². The SMILES string of the molecule is COC(=O)CNC(=O)N1CC(=O)N(c2cc(Cl)cc(Cl)c2)C1=O. The van der Waals surface area contributed by atoms with Crippen LogP contribution in [0.2, 0.25) is 10.0 Å². The molecule has 122 valence electrons. The number of amides is 5. The van der Waals surface area contributed by atoms with Crippen molar-refractivity contribution in [1.29, 1.82) is 0 Å². The maximum Gasteiger partial charge on any atom is 0.340 e. The van der Waals surface area contributed by atoms with Crippen LogP contribution in [0.3, 0.4) is 0 Å². The molecule has 0 saturated carbocycles. The summed E-state index contributed by atoms with van der Waals surface area (Å²) in [5, 5.41) is 2.66. The number of ether oxygens (including phenoxy) is 1. The van der Waals surface area contributed by atoms with Crippen LogP contribution in [0.1, 0.15) is 0 Å². The summed E-state index contributed by atoms with van der Waals surface area (Å²) in [5.41, 5.74) is 0.153. The van der Waals surface area contributed by atoms with Gasteiger partial charge in [-0.1, -0.05) is 23.2 Å². The summed E-state index contributed by atoms with van der Waals surface area (Å²) in [5.74, 6) is -1.31. The quantitative estimate of drug-likeness (QED) is 0.653. The lowest BCUT2D eigenvalue weighted by Gasteiger charge is -2.16. The number of methoxy groups -OCH3 is 1. The molecule has 1 saturated heterocycles. The standard InChI is InChI=1S/C13H11Cl2N3O5/c1-23-11(20)5-16-12(21)17-6-10(19)18(13(17)22)9-3-7(14)2-8(15)4-9/h2-4H,5-6H2,1H3,(H,16,21). The average molecular weight is 360 g/mol. The number of anilines is 1. The van der Waals surface area contributed by atoms with Gasteiger partial charge in [0.1, 0.15) is 13.1 Å². The van der Waals surface area contributed by atoms with Crippen molar-refractivity contribution in [3.05, 3.63) is 28.2 Å². The highest BCUT2D eigenvalue weighted by Gasteiger charge is 2.41. The molecule has 1 aliphatic rings. The summed E-state index contributed by atoms with van der Waals surface area (Å²) in [6, 6.07) is 2.44. The number of rotatable bonds is 3. The first-order valence-electron chi connectivity index (χ1n) is 6.28. The second-order valence-corrected chi connectivity index (χ2v) is 5.33. The average Bonchev–Trinajstić information content (AvgIpc) is 2.78. The third-order valence-corrected chi connectivity index (χ3v) is 3.36. The Bertz CT molecular complexity index is 674. The summed E-state index contributed by atoms with van der Waals surface area (Å²) in [4.78, 5) is 48.6. The zero-order chi connectivity index (χ0) is 17.1. The van der Waals surface area contributed by atoms with Crippen molar-refractivity contribution >= 4 is 52.8 Å². The molecule has 0 aliphatic carbocycles. The topological polar surface area (TPSA) is 96.0 Å². The van der Waals surface area contributed by atoms with E-state index in [0.29, 0.717) is 4.90 Å². The molecule has 0 unspecified atom stereocenters.